The van der Waals surface area contributed by atoms with Gasteiger partial charge in [0.15, 0.2) is 0 Å². The molecule has 1 aliphatic carbocycles. The number of amides is 1. The van der Waals surface area contributed by atoms with Crippen LogP contribution < -0.4 is 11.3 Å². The molecule has 3 N–H and O–H groups in total. The molecule has 6 nitrogen and oxygen atoms in total. The van der Waals surface area contributed by atoms with Gasteiger partial charge in [-0.1, -0.05) is 0 Å². The Morgan fingerprint density at radius 1 is 1.45 bits per heavy atom. The molecule has 20 heavy (non-hydrogen) atoms. The summed E-state index contributed by atoms with van der Waals surface area (Å²) >= 11 is 0. The predicted molar refractivity (Wildman–Crippen MR) is 79.3 cm³/mol. The number of carbonyl (C=O) groups excluding carboxylic acids is 1. The van der Waals surface area contributed by atoms with E-state index in [4.69, 9.17) is 5.84 Å². The van der Waals surface area contributed by atoms with Crippen molar-refractivity contribution in [3.05, 3.63) is 24.0 Å². The van der Waals surface area contributed by atoms with E-state index >= 15 is 0 Å². The third-order valence-electron chi connectivity index (χ3n) is 4.32. The van der Waals surface area contributed by atoms with Crippen LogP contribution in [0.3, 0.4) is 0 Å². The van der Waals surface area contributed by atoms with Crippen molar-refractivity contribution in [3.8, 4) is 0 Å². The van der Waals surface area contributed by atoms with Crippen LogP contribution in [0.25, 0.3) is 0 Å². The van der Waals surface area contributed by atoms with Gasteiger partial charge in [-0.15, -0.1) is 0 Å². The maximum Gasteiger partial charge on any atom is 0.255 e. The zero-order chi connectivity index (χ0) is 14.8. The summed E-state index contributed by atoms with van der Waals surface area (Å²) in [5.41, 5.74) is 3.75. The Morgan fingerprint density at radius 3 is 2.65 bits per heavy atom. The summed E-state index contributed by atoms with van der Waals surface area (Å²) in [7, 11) is 6.00. The molecule has 0 aliphatic heterocycles. The van der Waals surface area contributed by atoms with Gasteiger partial charge in [-0.2, -0.15) is 0 Å². The second kappa shape index (κ2) is 5.76. The lowest BCUT2D eigenvalue weighted by atomic mass is 9.75. The normalized spacial score (nSPS) is 16.6. The molecule has 1 saturated carbocycles. The number of hydrazine groups is 1. The molecular formula is C14H23N5O. The van der Waals surface area contributed by atoms with E-state index in [9.17, 15) is 4.79 Å². The Kier molecular flexibility index (Phi) is 4.25. The summed E-state index contributed by atoms with van der Waals surface area (Å²) in [6.07, 6.45) is 6.66. The van der Waals surface area contributed by atoms with Crippen molar-refractivity contribution in [2.24, 2.45) is 5.84 Å². The second-order valence-corrected chi connectivity index (χ2v) is 5.70. The van der Waals surface area contributed by atoms with E-state index < -0.39 is 0 Å². The lowest BCUT2D eigenvalue weighted by Gasteiger charge is -2.49. The predicted octanol–water partition coefficient (Wildman–Crippen LogP) is 0.924. The Balaban J connectivity index is 2.13. The van der Waals surface area contributed by atoms with Gasteiger partial charge >= 0.3 is 0 Å². The van der Waals surface area contributed by atoms with Crippen molar-refractivity contribution in [1.82, 2.24) is 14.8 Å². The highest BCUT2D eigenvalue weighted by Gasteiger charge is 2.40. The zero-order valence-corrected chi connectivity index (χ0v) is 12.4. The number of anilines is 1. The van der Waals surface area contributed by atoms with Gasteiger partial charge in [0, 0.05) is 25.3 Å². The summed E-state index contributed by atoms with van der Waals surface area (Å²) in [6, 6.07) is 1.69. The van der Waals surface area contributed by atoms with Crippen LogP contribution >= 0.6 is 0 Å². The van der Waals surface area contributed by atoms with E-state index in [1.54, 1.807) is 23.4 Å². The van der Waals surface area contributed by atoms with E-state index in [1.807, 2.05) is 7.05 Å². The Hall–Kier alpha value is -1.66. The fraction of sp³-hybridized carbons (Fsp3) is 0.571. The minimum absolute atomic E-state index is 0.0338. The molecule has 1 amide bonds. The SMILES string of the molecule is CN(CC1(N(C)C)CCC1)C(=O)c1ccncc1NN. The number of aromatic nitrogens is 1. The Morgan fingerprint density at radius 2 is 2.15 bits per heavy atom. The van der Waals surface area contributed by atoms with Crippen molar-refractivity contribution in [2.75, 3.05) is 33.1 Å². The van der Waals surface area contributed by atoms with Gasteiger partial charge in [-0.3, -0.25) is 15.6 Å². The first-order valence-electron chi connectivity index (χ1n) is 6.84. The number of rotatable bonds is 5. The topological polar surface area (TPSA) is 74.5 Å². The summed E-state index contributed by atoms with van der Waals surface area (Å²) in [6.45, 7) is 0.727. The number of nitrogen functional groups attached to an aromatic ring is 1. The van der Waals surface area contributed by atoms with Crippen LogP contribution in [0.2, 0.25) is 0 Å². The molecule has 0 atom stereocenters. The molecule has 0 saturated heterocycles. The maximum absolute atomic E-state index is 12.5. The van der Waals surface area contributed by atoms with Crippen LogP contribution in [0.5, 0.6) is 0 Å². The van der Waals surface area contributed by atoms with E-state index in [0.717, 1.165) is 19.4 Å². The first-order valence-corrected chi connectivity index (χ1v) is 6.84. The molecule has 0 unspecified atom stereocenters. The van der Waals surface area contributed by atoms with E-state index in [-0.39, 0.29) is 11.4 Å². The molecule has 0 spiro atoms. The smallest absolute Gasteiger partial charge is 0.255 e. The van der Waals surface area contributed by atoms with Gasteiger partial charge in [0.05, 0.1) is 17.4 Å². The Labute approximate surface area is 119 Å². The molecule has 110 valence electrons. The monoisotopic (exact) mass is 277 g/mol. The van der Waals surface area contributed by atoms with Crippen LogP contribution in [-0.4, -0.2) is 53.9 Å². The maximum atomic E-state index is 12.5. The summed E-state index contributed by atoms with van der Waals surface area (Å²) in [5, 5.41) is 0. The molecule has 1 aliphatic rings. The van der Waals surface area contributed by atoms with E-state index in [0.29, 0.717) is 11.3 Å². The quantitative estimate of drug-likeness (QED) is 0.618. The molecule has 1 fully saturated rings. The number of pyridine rings is 1. The second-order valence-electron chi connectivity index (χ2n) is 5.70. The lowest BCUT2D eigenvalue weighted by molar-refractivity contribution is 0.0253. The molecule has 0 radical (unpaired) electrons. The molecule has 0 aromatic carbocycles. The lowest BCUT2D eigenvalue weighted by Crippen LogP contribution is -2.57. The summed E-state index contributed by atoms with van der Waals surface area (Å²) < 4.78 is 0. The highest BCUT2D eigenvalue weighted by atomic mass is 16.2. The van der Waals surface area contributed by atoms with Gasteiger partial charge in [0.1, 0.15) is 0 Å². The van der Waals surface area contributed by atoms with Gasteiger partial charge < -0.3 is 15.2 Å². The fourth-order valence-electron chi connectivity index (χ4n) is 2.75. The average Bonchev–Trinajstić information content (AvgIpc) is 2.41. The number of nitrogens with zero attached hydrogens (tertiary/aromatic N) is 3. The Bertz CT molecular complexity index is 484. The van der Waals surface area contributed by atoms with Crippen molar-refractivity contribution in [3.63, 3.8) is 0 Å². The van der Waals surface area contributed by atoms with Gasteiger partial charge in [0.25, 0.3) is 5.91 Å². The third-order valence-corrected chi connectivity index (χ3v) is 4.32. The number of hydrogen-bond donors (Lipinski definition) is 2. The number of likely N-dealkylation sites (N-methyl/N-ethyl adjacent to an activating group) is 2. The van der Waals surface area contributed by atoms with Crippen molar-refractivity contribution < 1.29 is 4.79 Å². The van der Waals surface area contributed by atoms with Gasteiger partial charge in [-0.05, 0) is 39.4 Å². The summed E-state index contributed by atoms with van der Waals surface area (Å²) in [5.74, 6) is 5.40. The fourth-order valence-corrected chi connectivity index (χ4v) is 2.75. The molecular weight excluding hydrogens is 254 g/mol. The molecule has 1 aromatic rings. The molecule has 6 heteroatoms. The van der Waals surface area contributed by atoms with Crippen molar-refractivity contribution in [1.29, 1.82) is 0 Å². The summed E-state index contributed by atoms with van der Waals surface area (Å²) in [4.78, 5) is 20.5. The van der Waals surface area contributed by atoms with Crippen LogP contribution in [0.4, 0.5) is 5.69 Å². The molecule has 1 heterocycles. The number of nitrogens with two attached hydrogens (primary N) is 1. The molecule has 1 aromatic heterocycles. The van der Waals surface area contributed by atoms with Crippen LogP contribution in [0, 0.1) is 0 Å². The number of carbonyl (C=O) groups is 1. The van der Waals surface area contributed by atoms with Crippen LogP contribution in [0.1, 0.15) is 29.6 Å². The minimum atomic E-state index is -0.0338. The minimum Gasteiger partial charge on any atom is -0.340 e. The largest absolute Gasteiger partial charge is 0.340 e. The van der Waals surface area contributed by atoms with Gasteiger partial charge in [-0.25, -0.2) is 0 Å². The standard InChI is InChI=1S/C14H23N5O/c1-18(2)14(6-4-7-14)10-19(3)13(20)11-5-8-16-9-12(11)17-15/h5,8-9,17H,4,6-7,10,15H2,1-3H3. The van der Waals surface area contributed by atoms with E-state index in [2.05, 4.69) is 29.4 Å². The zero-order valence-electron chi connectivity index (χ0n) is 12.4. The van der Waals surface area contributed by atoms with Crippen LogP contribution in [-0.2, 0) is 0 Å². The number of hydrogen-bond acceptors (Lipinski definition) is 5. The van der Waals surface area contributed by atoms with Crippen LogP contribution in [0.15, 0.2) is 18.5 Å². The van der Waals surface area contributed by atoms with Crippen molar-refractivity contribution in [2.45, 2.75) is 24.8 Å². The number of nitrogens with one attached hydrogen (secondary N) is 1. The first-order chi connectivity index (χ1) is 9.50. The molecule has 2 rings (SSSR count). The first kappa shape index (κ1) is 14.7. The average molecular weight is 277 g/mol. The highest BCUT2D eigenvalue weighted by Crippen LogP contribution is 2.36. The highest BCUT2D eigenvalue weighted by molar-refractivity contribution is 5.99. The third kappa shape index (κ3) is 2.62. The molecule has 0 bridgehead atoms. The van der Waals surface area contributed by atoms with Gasteiger partial charge in [0.2, 0.25) is 0 Å². The van der Waals surface area contributed by atoms with E-state index in [1.165, 1.54) is 6.42 Å². The van der Waals surface area contributed by atoms with Crippen molar-refractivity contribution >= 4 is 11.6 Å².